The molecule has 0 aliphatic carbocycles. The fourth-order valence-corrected chi connectivity index (χ4v) is 4.58. The Balaban J connectivity index is 1.56. The maximum atomic E-state index is 12.5. The van der Waals surface area contributed by atoms with Gasteiger partial charge in [-0.05, 0) is 47.9 Å². The second-order valence-corrected chi connectivity index (χ2v) is 8.01. The molecule has 0 bridgehead atoms. The van der Waals surface area contributed by atoms with Gasteiger partial charge in [-0.2, -0.15) is 4.37 Å². The number of thioether (sulfide) groups is 1. The molecule has 4 aromatic rings. The van der Waals surface area contributed by atoms with Gasteiger partial charge in [0, 0.05) is 16.1 Å². The van der Waals surface area contributed by atoms with Gasteiger partial charge < -0.3 is 4.74 Å². The van der Waals surface area contributed by atoms with E-state index in [4.69, 9.17) is 16.3 Å². The van der Waals surface area contributed by atoms with Crippen molar-refractivity contribution in [3.05, 3.63) is 65.4 Å². The predicted molar refractivity (Wildman–Crippen MR) is 114 cm³/mol. The summed E-state index contributed by atoms with van der Waals surface area (Å²) >= 11 is 8.70. The Bertz CT molecular complexity index is 1130. The molecule has 0 atom stereocenters. The summed E-state index contributed by atoms with van der Waals surface area (Å²) in [6.07, 6.45) is 1.51. The maximum absolute atomic E-state index is 12.5. The van der Waals surface area contributed by atoms with E-state index in [0.717, 1.165) is 32.2 Å². The molecule has 0 radical (unpaired) electrons. The van der Waals surface area contributed by atoms with E-state index in [0.29, 0.717) is 10.6 Å². The summed E-state index contributed by atoms with van der Waals surface area (Å²) in [6.45, 7) is 0. The van der Waals surface area contributed by atoms with Crippen LogP contribution >= 0.6 is 34.9 Å². The Kier molecular flexibility index (Phi) is 5.57. The van der Waals surface area contributed by atoms with Crippen LogP contribution in [0.5, 0.6) is 5.75 Å². The average molecular weight is 428 g/mol. The number of methoxy groups -OCH3 is 1. The quantitative estimate of drug-likeness (QED) is 0.233. The average Bonchev–Trinajstić information content (AvgIpc) is 3.17. The molecule has 28 heavy (non-hydrogen) atoms. The van der Waals surface area contributed by atoms with E-state index in [1.165, 1.54) is 29.6 Å². The van der Waals surface area contributed by atoms with Gasteiger partial charge in [0.05, 0.1) is 12.9 Å². The van der Waals surface area contributed by atoms with Gasteiger partial charge >= 0.3 is 0 Å². The normalized spacial score (nSPS) is 10.9. The smallest absolute Gasteiger partial charge is 0.173 e. The number of carbonyl (C=O) groups excluding carboxylic acids is 1. The van der Waals surface area contributed by atoms with E-state index in [2.05, 4.69) is 14.3 Å². The summed E-state index contributed by atoms with van der Waals surface area (Å²) in [4.78, 5) is 21.2. The van der Waals surface area contributed by atoms with Crippen LogP contribution in [0, 0.1) is 0 Å². The molecule has 2 aromatic carbocycles. The standard InChI is InChI=1S/C20H14ClN3O2S2/c1-26-15-8-4-12(5-9-15)16(25)10-27-20-19-18(22-11-23-20)17(24-28-19)13-2-6-14(21)7-3-13/h2-9,11H,10H2,1H3. The van der Waals surface area contributed by atoms with Crippen molar-refractivity contribution in [2.24, 2.45) is 0 Å². The van der Waals surface area contributed by atoms with E-state index in [9.17, 15) is 4.79 Å². The molecule has 0 aliphatic heterocycles. The third kappa shape index (κ3) is 3.87. The molecular weight excluding hydrogens is 414 g/mol. The number of nitrogens with zero attached hydrogens (tertiary/aromatic N) is 3. The Morgan fingerprint density at radius 1 is 1.11 bits per heavy atom. The van der Waals surface area contributed by atoms with Gasteiger partial charge in [-0.1, -0.05) is 35.5 Å². The van der Waals surface area contributed by atoms with Gasteiger partial charge in [0.25, 0.3) is 0 Å². The number of hydrogen-bond donors (Lipinski definition) is 0. The largest absolute Gasteiger partial charge is 0.497 e. The second kappa shape index (κ2) is 8.26. The van der Waals surface area contributed by atoms with E-state index < -0.39 is 0 Å². The molecule has 0 spiro atoms. The van der Waals surface area contributed by atoms with Crippen LogP contribution in [0.3, 0.4) is 0 Å². The Labute approximate surface area is 174 Å². The first-order valence-electron chi connectivity index (χ1n) is 8.32. The van der Waals surface area contributed by atoms with Crippen LogP contribution in [-0.4, -0.2) is 33.0 Å². The molecule has 140 valence electrons. The first kappa shape index (κ1) is 18.9. The van der Waals surface area contributed by atoms with E-state index >= 15 is 0 Å². The van der Waals surface area contributed by atoms with Crippen molar-refractivity contribution in [1.82, 2.24) is 14.3 Å². The lowest BCUT2D eigenvalue weighted by Gasteiger charge is -2.04. The zero-order valence-electron chi connectivity index (χ0n) is 14.8. The predicted octanol–water partition coefficient (Wildman–Crippen LogP) is 5.39. The SMILES string of the molecule is COc1ccc(C(=O)CSc2ncnc3c(-c4ccc(Cl)cc4)nsc23)cc1. The molecule has 2 aromatic heterocycles. The first-order chi connectivity index (χ1) is 13.7. The van der Waals surface area contributed by atoms with Gasteiger partial charge in [-0.15, -0.1) is 0 Å². The number of Topliss-reactive ketones (excluding diaryl/α,β-unsaturated/α-hetero) is 1. The highest BCUT2D eigenvalue weighted by atomic mass is 35.5. The molecule has 0 N–H and O–H groups in total. The lowest BCUT2D eigenvalue weighted by atomic mass is 10.1. The summed E-state index contributed by atoms with van der Waals surface area (Å²) < 4.78 is 10.5. The van der Waals surface area contributed by atoms with E-state index in [1.54, 1.807) is 31.4 Å². The lowest BCUT2D eigenvalue weighted by molar-refractivity contribution is 0.102. The third-order valence-electron chi connectivity index (χ3n) is 4.09. The second-order valence-electron chi connectivity index (χ2n) is 5.83. The molecule has 4 rings (SSSR count). The summed E-state index contributed by atoms with van der Waals surface area (Å²) in [5.41, 5.74) is 3.16. The summed E-state index contributed by atoms with van der Waals surface area (Å²) in [5.74, 6) is 1.04. The number of rotatable bonds is 6. The summed E-state index contributed by atoms with van der Waals surface area (Å²) in [5, 5.41) is 1.43. The lowest BCUT2D eigenvalue weighted by Crippen LogP contribution is -2.02. The van der Waals surface area contributed by atoms with Crippen LogP contribution in [0.15, 0.2) is 59.9 Å². The minimum Gasteiger partial charge on any atom is -0.497 e. The van der Waals surface area contributed by atoms with Crippen LogP contribution in [0.2, 0.25) is 5.02 Å². The number of ether oxygens (including phenoxy) is 1. The van der Waals surface area contributed by atoms with Crippen molar-refractivity contribution in [2.75, 3.05) is 12.9 Å². The van der Waals surface area contributed by atoms with Crippen molar-refractivity contribution in [2.45, 2.75) is 5.03 Å². The molecule has 0 saturated carbocycles. The van der Waals surface area contributed by atoms with Gasteiger partial charge in [-0.3, -0.25) is 4.79 Å². The van der Waals surface area contributed by atoms with Crippen molar-refractivity contribution < 1.29 is 9.53 Å². The number of fused-ring (bicyclic) bond motifs is 1. The van der Waals surface area contributed by atoms with Gasteiger partial charge in [0.1, 0.15) is 33.0 Å². The molecule has 0 saturated heterocycles. The zero-order valence-corrected chi connectivity index (χ0v) is 17.1. The van der Waals surface area contributed by atoms with Crippen LogP contribution in [0.4, 0.5) is 0 Å². The number of aromatic nitrogens is 3. The van der Waals surface area contributed by atoms with Crippen LogP contribution in [-0.2, 0) is 0 Å². The Morgan fingerprint density at radius 2 is 1.86 bits per heavy atom. The van der Waals surface area contributed by atoms with E-state index in [1.807, 2.05) is 24.3 Å². The molecule has 2 heterocycles. The van der Waals surface area contributed by atoms with Crippen LogP contribution in [0.25, 0.3) is 21.5 Å². The number of hydrogen-bond acceptors (Lipinski definition) is 7. The fourth-order valence-electron chi connectivity index (χ4n) is 2.64. The minimum absolute atomic E-state index is 0.0295. The molecule has 0 aliphatic rings. The highest BCUT2D eigenvalue weighted by Crippen LogP contribution is 2.34. The molecule has 0 fully saturated rings. The highest BCUT2D eigenvalue weighted by Gasteiger charge is 2.16. The van der Waals surface area contributed by atoms with Crippen molar-refractivity contribution in [3.8, 4) is 17.0 Å². The van der Waals surface area contributed by atoms with E-state index in [-0.39, 0.29) is 11.5 Å². The molecule has 0 unspecified atom stereocenters. The monoisotopic (exact) mass is 427 g/mol. The highest BCUT2D eigenvalue weighted by molar-refractivity contribution is 8.00. The number of benzene rings is 2. The Morgan fingerprint density at radius 3 is 2.57 bits per heavy atom. The zero-order chi connectivity index (χ0) is 19.5. The topological polar surface area (TPSA) is 65.0 Å². The van der Waals surface area contributed by atoms with Crippen molar-refractivity contribution in [1.29, 1.82) is 0 Å². The Hall–Kier alpha value is -2.48. The molecule has 8 heteroatoms. The van der Waals surface area contributed by atoms with Crippen LogP contribution < -0.4 is 4.74 Å². The van der Waals surface area contributed by atoms with Gasteiger partial charge in [0.15, 0.2) is 5.78 Å². The number of halogens is 1. The first-order valence-corrected chi connectivity index (χ1v) is 10.5. The number of ketones is 1. The summed E-state index contributed by atoms with van der Waals surface area (Å²) in [7, 11) is 1.60. The van der Waals surface area contributed by atoms with Gasteiger partial charge in [-0.25, -0.2) is 9.97 Å². The molecule has 0 amide bonds. The third-order valence-corrected chi connectivity index (χ3v) is 6.31. The van der Waals surface area contributed by atoms with Gasteiger partial charge in [0.2, 0.25) is 0 Å². The number of carbonyl (C=O) groups is 1. The van der Waals surface area contributed by atoms with Crippen molar-refractivity contribution >= 4 is 50.9 Å². The summed E-state index contributed by atoms with van der Waals surface area (Å²) in [6, 6.07) is 14.6. The fraction of sp³-hybridized carbons (Fsp3) is 0.100. The molecular formula is C20H14ClN3O2S2. The maximum Gasteiger partial charge on any atom is 0.173 e. The molecule has 5 nitrogen and oxygen atoms in total. The minimum atomic E-state index is 0.0295. The van der Waals surface area contributed by atoms with Crippen molar-refractivity contribution in [3.63, 3.8) is 0 Å². The van der Waals surface area contributed by atoms with Crippen LogP contribution in [0.1, 0.15) is 10.4 Å².